The molecule has 4 heteroatoms. The first-order valence-corrected chi connectivity index (χ1v) is 6.30. The summed E-state index contributed by atoms with van der Waals surface area (Å²) >= 11 is 0. The van der Waals surface area contributed by atoms with Gasteiger partial charge in [-0.3, -0.25) is 4.79 Å². The fraction of sp³-hybridized carbons (Fsp3) is 0.917. The Morgan fingerprint density at radius 1 is 1.38 bits per heavy atom. The first kappa shape index (κ1) is 13.5. The van der Waals surface area contributed by atoms with E-state index in [4.69, 9.17) is 10.8 Å². The number of nitrogens with two attached hydrogens (primary N) is 1. The summed E-state index contributed by atoms with van der Waals surface area (Å²) in [5.74, 6) is -0.894. The summed E-state index contributed by atoms with van der Waals surface area (Å²) < 4.78 is 0. The third kappa shape index (κ3) is 4.49. The van der Waals surface area contributed by atoms with Crippen molar-refractivity contribution in [2.24, 2.45) is 5.73 Å². The molecule has 0 bridgehead atoms. The highest BCUT2D eigenvalue weighted by molar-refractivity contribution is 5.72. The molecule has 4 nitrogen and oxygen atoms in total. The standard InChI is InChI=1S/C12H24N2O2/c1-14(9-8-11(13)12(15)16)10-6-4-2-3-5-7-10/h10-11H,2-9,13H2,1H3,(H,15,16). The van der Waals surface area contributed by atoms with E-state index in [9.17, 15) is 4.79 Å². The zero-order valence-electron chi connectivity index (χ0n) is 10.2. The summed E-state index contributed by atoms with van der Waals surface area (Å²) in [6.07, 6.45) is 8.35. The van der Waals surface area contributed by atoms with Crippen molar-refractivity contribution in [3.8, 4) is 0 Å². The van der Waals surface area contributed by atoms with E-state index in [0.29, 0.717) is 12.5 Å². The molecule has 0 saturated heterocycles. The lowest BCUT2D eigenvalue weighted by molar-refractivity contribution is -0.138. The molecule has 1 atom stereocenters. The number of aliphatic carboxylic acids is 1. The van der Waals surface area contributed by atoms with E-state index in [-0.39, 0.29) is 0 Å². The quantitative estimate of drug-likeness (QED) is 0.699. The van der Waals surface area contributed by atoms with E-state index < -0.39 is 12.0 Å². The van der Waals surface area contributed by atoms with Gasteiger partial charge in [0.1, 0.15) is 6.04 Å². The molecular weight excluding hydrogens is 204 g/mol. The van der Waals surface area contributed by atoms with Crippen LogP contribution in [-0.2, 0) is 4.79 Å². The van der Waals surface area contributed by atoms with Crippen molar-refractivity contribution in [1.82, 2.24) is 4.90 Å². The van der Waals surface area contributed by atoms with Gasteiger partial charge in [0.05, 0.1) is 0 Å². The number of nitrogens with zero attached hydrogens (tertiary/aromatic N) is 1. The molecule has 94 valence electrons. The summed E-state index contributed by atoms with van der Waals surface area (Å²) in [6.45, 7) is 0.790. The third-order valence-corrected chi connectivity index (χ3v) is 3.56. The second-order valence-electron chi connectivity index (χ2n) is 4.86. The predicted octanol–water partition coefficient (Wildman–Crippen LogP) is 1.44. The number of carbonyl (C=O) groups is 1. The highest BCUT2D eigenvalue weighted by Gasteiger charge is 2.18. The van der Waals surface area contributed by atoms with E-state index >= 15 is 0 Å². The minimum Gasteiger partial charge on any atom is -0.480 e. The van der Waals surface area contributed by atoms with Gasteiger partial charge in [-0.1, -0.05) is 25.7 Å². The Kier molecular flexibility index (Phi) is 5.77. The van der Waals surface area contributed by atoms with Gasteiger partial charge in [-0.2, -0.15) is 0 Å². The summed E-state index contributed by atoms with van der Waals surface area (Å²) in [5.41, 5.74) is 5.50. The summed E-state index contributed by atoms with van der Waals surface area (Å²) in [7, 11) is 2.09. The van der Waals surface area contributed by atoms with Crippen molar-refractivity contribution in [3.05, 3.63) is 0 Å². The molecule has 1 rings (SSSR count). The topological polar surface area (TPSA) is 66.6 Å². The summed E-state index contributed by atoms with van der Waals surface area (Å²) in [6, 6.07) is -0.0864. The molecule has 3 N–H and O–H groups in total. The van der Waals surface area contributed by atoms with E-state index in [1.54, 1.807) is 0 Å². The Hall–Kier alpha value is -0.610. The maximum Gasteiger partial charge on any atom is 0.320 e. The van der Waals surface area contributed by atoms with Crippen LogP contribution in [-0.4, -0.2) is 41.7 Å². The molecule has 1 fully saturated rings. The molecule has 1 unspecified atom stereocenters. The molecule has 0 amide bonds. The zero-order chi connectivity index (χ0) is 12.0. The average Bonchev–Trinajstić information content (AvgIpc) is 2.53. The Morgan fingerprint density at radius 3 is 2.44 bits per heavy atom. The lowest BCUT2D eigenvalue weighted by Crippen LogP contribution is -2.38. The SMILES string of the molecule is CN(CCC(N)C(=O)O)C1CCCCCC1. The lowest BCUT2D eigenvalue weighted by Gasteiger charge is -2.27. The van der Waals surface area contributed by atoms with Crippen LogP contribution >= 0.6 is 0 Å². The Balaban J connectivity index is 2.27. The maximum atomic E-state index is 10.6. The van der Waals surface area contributed by atoms with Crippen molar-refractivity contribution < 1.29 is 9.90 Å². The average molecular weight is 228 g/mol. The molecular formula is C12H24N2O2. The highest BCUT2D eigenvalue weighted by atomic mass is 16.4. The zero-order valence-corrected chi connectivity index (χ0v) is 10.2. The fourth-order valence-electron chi connectivity index (χ4n) is 2.35. The number of hydrogen-bond acceptors (Lipinski definition) is 3. The molecule has 0 spiro atoms. The molecule has 1 aliphatic carbocycles. The van der Waals surface area contributed by atoms with Crippen molar-refractivity contribution in [2.75, 3.05) is 13.6 Å². The first-order chi connectivity index (χ1) is 7.61. The van der Waals surface area contributed by atoms with Gasteiger partial charge in [-0.15, -0.1) is 0 Å². The molecule has 16 heavy (non-hydrogen) atoms. The molecule has 0 aliphatic heterocycles. The smallest absolute Gasteiger partial charge is 0.320 e. The van der Waals surface area contributed by atoms with Gasteiger partial charge in [0.25, 0.3) is 0 Å². The van der Waals surface area contributed by atoms with Crippen LogP contribution in [0.25, 0.3) is 0 Å². The molecule has 0 aromatic heterocycles. The van der Waals surface area contributed by atoms with Gasteiger partial charge in [0, 0.05) is 12.6 Å². The van der Waals surface area contributed by atoms with E-state index in [1.165, 1.54) is 38.5 Å². The largest absolute Gasteiger partial charge is 0.480 e. The van der Waals surface area contributed by atoms with Crippen LogP contribution in [0.4, 0.5) is 0 Å². The number of rotatable bonds is 5. The molecule has 1 saturated carbocycles. The molecule has 0 aromatic rings. The summed E-state index contributed by atoms with van der Waals surface area (Å²) in [4.78, 5) is 12.9. The van der Waals surface area contributed by atoms with Gasteiger partial charge in [-0.25, -0.2) is 0 Å². The van der Waals surface area contributed by atoms with E-state index in [1.807, 2.05) is 0 Å². The predicted molar refractivity (Wildman–Crippen MR) is 64.3 cm³/mol. The van der Waals surface area contributed by atoms with Crippen molar-refractivity contribution in [1.29, 1.82) is 0 Å². The van der Waals surface area contributed by atoms with Crippen molar-refractivity contribution in [2.45, 2.75) is 57.0 Å². The number of carboxylic acids is 1. The van der Waals surface area contributed by atoms with Gasteiger partial charge >= 0.3 is 5.97 Å². The molecule has 0 heterocycles. The third-order valence-electron chi connectivity index (χ3n) is 3.56. The van der Waals surface area contributed by atoms with Crippen LogP contribution in [0.3, 0.4) is 0 Å². The van der Waals surface area contributed by atoms with Crippen molar-refractivity contribution >= 4 is 5.97 Å². The van der Waals surface area contributed by atoms with E-state index in [0.717, 1.165) is 6.54 Å². The monoisotopic (exact) mass is 228 g/mol. The highest BCUT2D eigenvalue weighted by Crippen LogP contribution is 2.21. The number of carboxylic acid groups (broad SMARTS) is 1. The Bertz CT molecular complexity index is 213. The second-order valence-corrected chi connectivity index (χ2v) is 4.86. The van der Waals surface area contributed by atoms with Gasteiger partial charge < -0.3 is 15.7 Å². The molecule has 0 radical (unpaired) electrons. The van der Waals surface area contributed by atoms with Crippen LogP contribution in [0, 0.1) is 0 Å². The van der Waals surface area contributed by atoms with Crippen LogP contribution in [0.2, 0.25) is 0 Å². The lowest BCUT2D eigenvalue weighted by atomic mass is 10.1. The molecule has 0 aromatic carbocycles. The summed E-state index contributed by atoms with van der Waals surface area (Å²) in [5, 5.41) is 8.71. The maximum absolute atomic E-state index is 10.6. The Morgan fingerprint density at radius 2 is 1.94 bits per heavy atom. The minimum atomic E-state index is -0.894. The fourth-order valence-corrected chi connectivity index (χ4v) is 2.35. The van der Waals surface area contributed by atoms with Gasteiger partial charge in [-0.05, 0) is 26.3 Å². The molecule has 1 aliphatic rings. The van der Waals surface area contributed by atoms with Crippen LogP contribution in [0.15, 0.2) is 0 Å². The second kappa shape index (κ2) is 6.86. The minimum absolute atomic E-state index is 0.544. The van der Waals surface area contributed by atoms with Crippen LogP contribution in [0.1, 0.15) is 44.9 Å². The van der Waals surface area contributed by atoms with Gasteiger partial charge in [0.15, 0.2) is 0 Å². The van der Waals surface area contributed by atoms with Crippen molar-refractivity contribution in [3.63, 3.8) is 0 Å². The Labute approximate surface area is 97.8 Å². The normalized spacial score (nSPS) is 20.7. The van der Waals surface area contributed by atoms with Crippen LogP contribution in [0.5, 0.6) is 0 Å². The number of hydrogen-bond donors (Lipinski definition) is 2. The first-order valence-electron chi connectivity index (χ1n) is 6.30. The van der Waals surface area contributed by atoms with Gasteiger partial charge in [0.2, 0.25) is 0 Å². The van der Waals surface area contributed by atoms with Crippen LogP contribution < -0.4 is 5.73 Å². The van der Waals surface area contributed by atoms with E-state index in [2.05, 4.69) is 11.9 Å².